The Morgan fingerprint density at radius 1 is 0.923 bits per heavy atom. The van der Waals surface area contributed by atoms with Crippen LogP contribution in [0.2, 0.25) is 0 Å². The first-order valence-corrected chi connectivity index (χ1v) is 3.94. The van der Waals surface area contributed by atoms with E-state index in [1.165, 1.54) is 0 Å². The number of carboxylic acid groups (broad SMARTS) is 2. The molecule has 5 heteroatoms. The summed E-state index contributed by atoms with van der Waals surface area (Å²) in [4.78, 5) is 19.0. The largest absolute Gasteiger partial charge is 2.00 e. The fraction of sp³-hybridized carbons (Fsp3) is 0.750. The van der Waals surface area contributed by atoms with Gasteiger partial charge >= 0.3 is 27.7 Å². The zero-order valence-electron chi connectivity index (χ0n) is 8.17. The van der Waals surface area contributed by atoms with Crippen LogP contribution in [-0.2, 0) is 37.3 Å². The summed E-state index contributed by atoms with van der Waals surface area (Å²) >= 11 is 0. The molecule has 4 nitrogen and oxygen atoms in total. The standard InChI is InChI=1S/2C4H8O2.Hg/c2*1-2-3-4(5)6;/h2*2-3H2,1H3,(H,5,6);/q;;+2/p-2. The maximum absolute atomic E-state index is 9.49. The maximum atomic E-state index is 9.49. The summed E-state index contributed by atoms with van der Waals surface area (Å²) in [7, 11) is 0. The number of rotatable bonds is 4. The van der Waals surface area contributed by atoms with Crippen molar-refractivity contribution in [3.05, 3.63) is 0 Å². The molecule has 0 N–H and O–H groups in total. The first kappa shape index (κ1) is 18.6. The number of carbonyl (C=O) groups is 2. The van der Waals surface area contributed by atoms with Crippen LogP contribution in [0.1, 0.15) is 39.5 Å². The zero-order valence-corrected chi connectivity index (χ0v) is 13.7. The molecule has 0 bridgehead atoms. The third kappa shape index (κ3) is 33.5. The van der Waals surface area contributed by atoms with Gasteiger partial charge in [-0.3, -0.25) is 0 Å². The number of carbonyl (C=O) groups excluding carboxylic acids is 2. The van der Waals surface area contributed by atoms with Gasteiger partial charge in [-0.25, -0.2) is 0 Å². The van der Waals surface area contributed by atoms with Gasteiger partial charge in [0.25, 0.3) is 0 Å². The molecule has 0 aliphatic rings. The molecular formula is C8H14HgO4. The summed E-state index contributed by atoms with van der Waals surface area (Å²) in [5.41, 5.74) is 0. The maximum Gasteiger partial charge on any atom is 2.00 e. The second kappa shape index (κ2) is 14.4. The Hall–Kier alpha value is -0.125. The molecule has 13 heavy (non-hydrogen) atoms. The van der Waals surface area contributed by atoms with E-state index < -0.39 is 11.9 Å². The van der Waals surface area contributed by atoms with Gasteiger partial charge in [-0.05, 0) is 12.8 Å². The van der Waals surface area contributed by atoms with E-state index in [9.17, 15) is 19.8 Å². The van der Waals surface area contributed by atoms with Gasteiger partial charge in [-0.15, -0.1) is 0 Å². The van der Waals surface area contributed by atoms with Crippen LogP contribution in [0.5, 0.6) is 0 Å². The molecule has 0 saturated carbocycles. The minimum atomic E-state index is -0.961. The van der Waals surface area contributed by atoms with Gasteiger partial charge < -0.3 is 19.8 Å². The van der Waals surface area contributed by atoms with E-state index in [0.29, 0.717) is 12.8 Å². The van der Waals surface area contributed by atoms with E-state index in [-0.39, 0.29) is 40.5 Å². The minimum absolute atomic E-state index is 0. The first-order chi connectivity index (χ1) is 5.54. The van der Waals surface area contributed by atoms with Crippen molar-refractivity contribution in [1.29, 1.82) is 0 Å². The molecule has 0 rings (SSSR count). The number of hydrogen-bond acceptors (Lipinski definition) is 4. The van der Waals surface area contributed by atoms with Crippen molar-refractivity contribution in [1.82, 2.24) is 0 Å². The van der Waals surface area contributed by atoms with Crippen LogP contribution < -0.4 is 10.2 Å². The third-order valence-electron chi connectivity index (χ3n) is 0.908. The molecule has 0 unspecified atom stereocenters. The van der Waals surface area contributed by atoms with Crippen LogP contribution in [-0.4, -0.2) is 11.9 Å². The first-order valence-electron chi connectivity index (χ1n) is 3.94. The Kier molecular flexibility index (Phi) is 20.6. The van der Waals surface area contributed by atoms with Crippen LogP contribution in [0.25, 0.3) is 0 Å². The summed E-state index contributed by atoms with van der Waals surface area (Å²) in [6.07, 6.45) is 1.70. The monoisotopic (exact) mass is 376 g/mol. The Morgan fingerprint density at radius 2 is 1.15 bits per heavy atom. The van der Waals surface area contributed by atoms with Gasteiger partial charge in [0.15, 0.2) is 0 Å². The molecule has 0 atom stereocenters. The minimum Gasteiger partial charge on any atom is -0.550 e. The fourth-order valence-electron chi connectivity index (χ4n) is 0.408. The van der Waals surface area contributed by atoms with Crippen LogP contribution in [0, 0.1) is 0 Å². The summed E-state index contributed by atoms with van der Waals surface area (Å²) in [5.74, 6) is -1.92. The summed E-state index contributed by atoms with van der Waals surface area (Å²) in [5, 5.41) is 19.0. The second-order valence-electron chi connectivity index (χ2n) is 2.24. The Balaban J connectivity index is -0.000000143. The van der Waals surface area contributed by atoms with Gasteiger partial charge in [-0.1, -0.05) is 26.7 Å². The normalized spacial score (nSPS) is 7.54. The van der Waals surface area contributed by atoms with Crippen molar-refractivity contribution in [2.24, 2.45) is 0 Å². The topological polar surface area (TPSA) is 80.3 Å². The quantitative estimate of drug-likeness (QED) is 0.595. The Labute approximate surface area is 98.8 Å². The molecule has 0 spiro atoms. The van der Waals surface area contributed by atoms with Gasteiger partial charge in [0.1, 0.15) is 0 Å². The van der Waals surface area contributed by atoms with Crippen molar-refractivity contribution in [2.75, 3.05) is 0 Å². The van der Waals surface area contributed by atoms with Crippen molar-refractivity contribution in [2.45, 2.75) is 39.5 Å². The van der Waals surface area contributed by atoms with Crippen LogP contribution in [0.4, 0.5) is 0 Å². The van der Waals surface area contributed by atoms with Crippen molar-refractivity contribution in [3.8, 4) is 0 Å². The number of aliphatic carboxylic acids is 2. The van der Waals surface area contributed by atoms with Gasteiger partial charge in [-0.2, -0.15) is 0 Å². The number of hydrogen-bond donors (Lipinski definition) is 0. The smallest absolute Gasteiger partial charge is 0.550 e. The Bertz CT molecular complexity index is 120. The molecule has 0 amide bonds. The van der Waals surface area contributed by atoms with E-state index in [2.05, 4.69) is 0 Å². The van der Waals surface area contributed by atoms with Crippen molar-refractivity contribution < 1.29 is 47.5 Å². The molecule has 0 aliphatic carbocycles. The van der Waals surface area contributed by atoms with E-state index >= 15 is 0 Å². The van der Waals surface area contributed by atoms with Crippen LogP contribution >= 0.6 is 0 Å². The molecule has 0 fully saturated rings. The predicted octanol–water partition coefficient (Wildman–Crippen LogP) is -0.930. The van der Waals surface area contributed by atoms with E-state index in [0.717, 1.165) is 0 Å². The predicted molar refractivity (Wildman–Crippen MR) is 39.8 cm³/mol. The van der Waals surface area contributed by atoms with Crippen LogP contribution in [0.3, 0.4) is 0 Å². The fourth-order valence-corrected chi connectivity index (χ4v) is 0.408. The summed E-state index contributed by atoms with van der Waals surface area (Å²) in [6, 6.07) is 0. The average Bonchev–Trinajstić information content (AvgIpc) is 1.87. The Morgan fingerprint density at radius 3 is 1.15 bits per heavy atom. The molecule has 0 heterocycles. The molecular weight excluding hydrogens is 361 g/mol. The third-order valence-corrected chi connectivity index (χ3v) is 0.908. The number of carboxylic acids is 2. The van der Waals surface area contributed by atoms with Crippen molar-refractivity contribution >= 4 is 11.9 Å². The average molecular weight is 375 g/mol. The summed E-state index contributed by atoms with van der Waals surface area (Å²) < 4.78 is 0. The second-order valence-corrected chi connectivity index (χ2v) is 2.24. The van der Waals surface area contributed by atoms with E-state index in [1.807, 2.05) is 0 Å². The summed E-state index contributed by atoms with van der Waals surface area (Å²) in [6.45, 7) is 3.60. The molecule has 0 saturated heterocycles. The van der Waals surface area contributed by atoms with Crippen molar-refractivity contribution in [3.63, 3.8) is 0 Å². The van der Waals surface area contributed by atoms with Gasteiger partial charge in [0.05, 0.1) is 0 Å². The molecule has 72 valence electrons. The van der Waals surface area contributed by atoms with E-state index in [4.69, 9.17) is 0 Å². The van der Waals surface area contributed by atoms with Gasteiger partial charge in [0, 0.05) is 11.9 Å². The SMILES string of the molecule is CCCC(=O)[O-].CCCC(=O)[O-].[Hg+2]. The van der Waals surface area contributed by atoms with Crippen LogP contribution in [0.15, 0.2) is 0 Å². The molecule has 0 aromatic heterocycles. The zero-order chi connectivity index (χ0) is 9.98. The molecule has 0 aliphatic heterocycles. The molecule has 0 aromatic rings. The molecule has 0 aromatic carbocycles. The van der Waals surface area contributed by atoms with E-state index in [1.54, 1.807) is 13.8 Å². The van der Waals surface area contributed by atoms with Gasteiger partial charge in [0.2, 0.25) is 0 Å². The molecule has 0 radical (unpaired) electrons.